The lowest BCUT2D eigenvalue weighted by Crippen LogP contribution is -2.48. The molecule has 5 rings (SSSR count). The third-order valence-electron chi connectivity index (χ3n) is 6.47. The Morgan fingerprint density at radius 2 is 1.68 bits per heavy atom. The molecule has 0 amide bonds. The first kappa shape index (κ1) is 17.3. The molecule has 3 nitrogen and oxygen atoms in total. The van der Waals surface area contributed by atoms with Crippen molar-refractivity contribution in [2.75, 3.05) is 0 Å². The van der Waals surface area contributed by atoms with Gasteiger partial charge in [0.1, 0.15) is 17.5 Å². The zero-order chi connectivity index (χ0) is 19.6. The van der Waals surface area contributed by atoms with Crippen LogP contribution < -0.4 is 0 Å². The van der Waals surface area contributed by atoms with Crippen LogP contribution in [0.4, 0.5) is 13.2 Å². The van der Waals surface area contributed by atoms with Gasteiger partial charge < -0.3 is 10.1 Å². The number of nitrogens with one attached hydrogen (secondary N) is 1. The molecular formula is C22H18F3NO2. The highest BCUT2D eigenvalue weighted by Crippen LogP contribution is 2.65. The van der Waals surface area contributed by atoms with Gasteiger partial charge in [0.15, 0.2) is 0 Å². The molecule has 6 heteroatoms. The maximum absolute atomic E-state index is 14.4. The van der Waals surface area contributed by atoms with Crippen molar-refractivity contribution in [2.24, 2.45) is 11.3 Å². The first-order valence-corrected chi connectivity index (χ1v) is 9.35. The molecule has 2 aliphatic carbocycles. The Morgan fingerprint density at radius 3 is 2.32 bits per heavy atom. The summed E-state index contributed by atoms with van der Waals surface area (Å²) in [7, 11) is 0. The maximum Gasteiger partial charge on any atom is 0.306 e. The van der Waals surface area contributed by atoms with Crippen molar-refractivity contribution in [3.05, 3.63) is 59.4 Å². The van der Waals surface area contributed by atoms with E-state index in [1.807, 2.05) is 0 Å². The second kappa shape index (κ2) is 5.87. The molecule has 2 aliphatic rings. The number of carboxylic acids is 1. The van der Waals surface area contributed by atoms with E-state index in [0.29, 0.717) is 29.5 Å². The molecule has 0 atom stereocenters. The topological polar surface area (TPSA) is 53.1 Å². The molecule has 0 saturated heterocycles. The van der Waals surface area contributed by atoms with E-state index in [1.54, 1.807) is 12.1 Å². The molecule has 0 bridgehead atoms. The molecule has 1 aromatic heterocycles. The highest BCUT2D eigenvalue weighted by molar-refractivity contribution is 5.92. The van der Waals surface area contributed by atoms with E-state index in [1.165, 1.54) is 18.2 Å². The molecular weight excluding hydrogens is 367 g/mol. The molecule has 2 aromatic carbocycles. The summed E-state index contributed by atoms with van der Waals surface area (Å²) in [6.07, 6.45) is 2.93. The van der Waals surface area contributed by atoms with Gasteiger partial charge in [0.25, 0.3) is 0 Å². The minimum atomic E-state index is -0.752. The fourth-order valence-electron chi connectivity index (χ4n) is 5.19. The summed E-state index contributed by atoms with van der Waals surface area (Å²) in [4.78, 5) is 14.2. The van der Waals surface area contributed by atoms with E-state index in [-0.39, 0.29) is 28.6 Å². The Balaban J connectivity index is 1.56. The van der Waals surface area contributed by atoms with Crippen LogP contribution in [0.5, 0.6) is 0 Å². The van der Waals surface area contributed by atoms with E-state index in [0.717, 1.165) is 24.5 Å². The zero-order valence-electron chi connectivity index (χ0n) is 14.9. The number of aliphatic carboxylic acids is 1. The Bertz CT molecular complexity index is 1090. The lowest BCUT2D eigenvalue weighted by atomic mass is 9.47. The second-order valence-corrected chi connectivity index (χ2v) is 8.28. The number of carboxylic acid groups (broad SMARTS) is 1. The van der Waals surface area contributed by atoms with Gasteiger partial charge in [-0.1, -0.05) is 0 Å². The van der Waals surface area contributed by atoms with Gasteiger partial charge in [-0.05, 0) is 78.5 Å². The predicted octanol–water partition coefficient (Wildman–Crippen LogP) is 5.61. The Hall–Kier alpha value is -2.76. The van der Waals surface area contributed by atoms with Crippen LogP contribution in [0.15, 0.2) is 36.4 Å². The lowest BCUT2D eigenvalue weighted by Gasteiger charge is -2.57. The van der Waals surface area contributed by atoms with Crippen molar-refractivity contribution in [1.29, 1.82) is 0 Å². The summed E-state index contributed by atoms with van der Waals surface area (Å²) in [6, 6.07) is 8.11. The minimum absolute atomic E-state index is 0.0310. The summed E-state index contributed by atoms with van der Waals surface area (Å²) in [5.74, 6) is -2.61. The highest BCUT2D eigenvalue weighted by Gasteiger charge is 2.55. The van der Waals surface area contributed by atoms with Crippen LogP contribution in [0, 0.1) is 28.8 Å². The normalized spacial score (nSPS) is 26.2. The van der Waals surface area contributed by atoms with Crippen molar-refractivity contribution in [1.82, 2.24) is 4.98 Å². The van der Waals surface area contributed by atoms with Crippen molar-refractivity contribution in [2.45, 2.75) is 31.6 Å². The molecule has 3 aromatic rings. The smallest absolute Gasteiger partial charge is 0.306 e. The Morgan fingerprint density at radius 1 is 1.00 bits per heavy atom. The van der Waals surface area contributed by atoms with Crippen LogP contribution in [0.2, 0.25) is 0 Å². The summed E-state index contributed by atoms with van der Waals surface area (Å²) in [5, 5.41) is 9.64. The first-order chi connectivity index (χ1) is 13.3. The largest absolute Gasteiger partial charge is 0.481 e. The number of aromatic amines is 1. The molecule has 0 unspecified atom stereocenters. The summed E-state index contributed by atoms with van der Waals surface area (Å²) >= 11 is 0. The zero-order valence-corrected chi connectivity index (χ0v) is 14.9. The minimum Gasteiger partial charge on any atom is -0.481 e. The maximum atomic E-state index is 14.4. The molecule has 1 heterocycles. The van der Waals surface area contributed by atoms with Crippen LogP contribution in [0.3, 0.4) is 0 Å². The number of hydrogen-bond donors (Lipinski definition) is 2. The number of fused-ring (bicyclic) bond motifs is 1. The highest BCUT2D eigenvalue weighted by atomic mass is 19.1. The standard InChI is InChI=1S/C22H18F3NO2/c23-14-3-1-11(2-4-14)19-18(16-5-15(24)6-17(25)20(16)26-19)12-7-22(8-12)9-13(10-22)21(27)28/h1-6,12-13,26H,7-10H2,(H,27,28). The number of aromatic nitrogens is 1. The number of rotatable bonds is 3. The third kappa shape index (κ3) is 2.54. The molecule has 144 valence electrons. The molecule has 0 aliphatic heterocycles. The Labute approximate surface area is 159 Å². The van der Waals surface area contributed by atoms with Crippen molar-refractivity contribution >= 4 is 16.9 Å². The number of halogens is 3. The van der Waals surface area contributed by atoms with Gasteiger partial charge in [-0.25, -0.2) is 13.2 Å². The summed E-state index contributed by atoms with van der Waals surface area (Å²) in [6.45, 7) is 0. The van der Waals surface area contributed by atoms with E-state index in [9.17, 15) is 18.0 Å². The molecule has 28 heavy (non-hydrogen) atoms. The molecule has 2 N–H and O–H groups in total. The average Bonchev–Trinajstić information content (AvgIpc) is 2.92. The van der Waals surface area contributed by atoms with Gasteiger partial charge in [0.2, 0.25) is 0 Å². The van der Waals surface area contributed by atoms with E-state index < -0.39 is 17.6 Å². The Kier molecular flexibility index (Phi) is 3.63. The number of H-pyrrole nitrogens is 1. The van der Waals surface area contributed by atoms with Gasteiger partial charge >= 0.3 is 5.97 Å². The summed E-state index contributed by atoms with van der Waals surface area (Å²) < 4.78 is 41.7. The fraction of sp³-hybridized carbons (Fsp3) is 0.318. The average molecular weight is 385 g/mol. The number of benzene rings is 2. The SMILES string of the molecule is O=C(O)C1CC2(C1)CC(c1c(-c3ccc(F)cc3)[nH]c3c(F)cc(F)cc13)C2. The first-order valence-electron chi connectivity index (χ1n) is 9.35. The van der Waals surface area contributed by atoms with E-state index in [4.69, 9.17) is 5.11 Å². The van der Waals surface area contributed by atoms with Crippen LogP contribution in [0.1, 0.15) is 37.2 Å². The van der Waals surface area contributed by atoms with Gasteiger partial charge in [-0.2, -0.15) is 0 Å². The molecule has 0 radical (unpaired) electrons. The summed E-state index contributed by atoms with van der Waals surface area (Å²) in [5.41, 5.74) is 2.50. The van der Waals surface area contributed by atoms with Crippen molar-refractivity contribution in [3.8, 4) is 11.3 Å². The van der Waals surface area contributed by atoms with Crippen molar-refractivity contribution < 1.29 is 23.1 Å². The van der Waals surface area contributed by atoms with Crippen LogP contribution in [0.25, 0.3) is 22.2 Å². The fourth-order valence-corrected chi connectivity index (χ4v) is 5.19. The van der Waals surface area contributed by atoms with E-state index in [2.05, 4.69) is 4.98 Å². The van der Waals surface area contributed by atoms with Crippen LogP contribution >= 0.6 is 0 Å². The van der Waals surface area contributed by atoms with Crippen molar-refractivity contribution in [3.63, 3.8) is 0 Å². The van der Waals surface area contributed by atoms with Gasteiger partial charge in [-0.3, -0.25) is 4.79 Å². The molecule has 1 spiro atoms. The lowest BCUT2D eigenvalue weighted by molar-refractivity contribution is -0.155. The van der Waals surface area contributed by atoms with E-state index >= 15 is 0 Å². The monoisotopic (exact) mass is 385 g/mol. The third-order valence-corrected chi connectivity index (χ3v) is 6.47. The van der Waals surface area contributed by atoms with Crippen LogP contribution in [-0.4, -0.2) is 16.1 Å². The van der Waals surface area contributed by atoms with Gasteiger partial charge in [-0.15, -0.1) is 0 Å². The quantitative estimate of drug-likeness (QED) is 0.616. The molecule has 2 fully saturated rings. The predicted molar refractivity (Wildman–Crippen MR) is 98.4 cm³/mol. The second-order valence-electron chi connectivity index (χ2n) is 8.28. The number of hydrogen-bond acceptors (Lipinski definition) is 1. The number of carbonyl (C=O) groups is 1. The van der Waals surface area contributed by atoms with Gasteiger partial charge in [0.05, 0.1) is 17.1 Å². The molecule has 2 saturated carbocycles. The van der Waals surface area contributed by atoms with Crippen LogP contribution in [-0.2, 0) is 4.79 Å². The van der Waals surface area contributed by atoms with Gasteiger partial charge in [0, 0.05) is 11.5 Å².